The molecule has 2 atom stereocenters. The van der Waals surface area contributed by atoms with E-state index in [0.717, 1.165) is 17.8 Å². The summed E-state index contributed by atoms with van der Waals surface area (Å²) in [6, 6.07) is 10.5. The number of carbonyl (C=O) groups excluding carboxylic acids is 1. The number of nitrogens with zero attached hydrogens (tertiary/aromatic N) is 2. The van der Waals surface area contributed by atoms with E-state index in [2.05, 4.69) is 17.1 Å². The first-order valence-corrected chi connectivity index (χ1v) is 8.92. The molecule has 2 aromatic rings. The van der Waals surface area contributed by atoms with Crippen LogP contribution in [0, 0.1) is 0 Å². The van der Waals surface area contributed by atoms with E-state index in [1.807, 2.05) is 42.3 Å². The zero-order valence-electron chi connectivity index (χ0n) is 13.6. The Hall–Kier alpha value is -1.72. The molecule has 122 valence electrons. The second kappa shape index (κ2) is 7.23. The highest BCUT2D eigenvalue weighted by atomic mass is 32.1. The average Bonchev–Trinajstić information content (AvgIpc) is 3.04. The first kappa shape index (κ1) is 16.1. The third kappa shape index (κ3) is 3.98. The molecule has 1 aromatic heterocycles. The number of aromatic nitrogens is 1. The summed E-state index contributed by atoms with van der Waals surface area (Å²) in [7, 11) is 0. The molecular weight excluding hydrogens is 308 g/mol. The summed E-state index contributed by atoms with van der Waals surface area (Å²) in [6.07, 6.45) is 1.91. The Morgan fingerprint density at radius 3 is 2.87 bits per heavy atom. The van der Waals surface area contributed by atoms with Crippen molar-refractivity contribution in [1.29, 1.82) is 0 Å². The molecule has 0 N–H and O–H groups in total. The van der Waals surface area contributed by atoms with Crippen LogP contribution in [0.4, 0.5) is 0 Å². The van der Waals surface area contributed by atoms with Gasteiger partial charge in [0.05, 0.1) is 23.8 Å². The molecule has 1 saturated heterocycles. The van der Waals surface area contributed by atoms with Gasteiger partial charge >= 0.3 is 0 Å². The maximum absolute atomic E-state index is 12.7. The lowest BCUT2D eigenvalue weighted by molar-refractivity contribution is -0.0388. The van der Waals surface area contributed by atoms with Gasteiger partial charge in [-0.2, -0.15) is 0 Å². The van der Waals surface area contributed by atoms with Crippen LogP contribution in [0.15, 0.2) is 35.7 Å². The van der Waals surface area contributed by atoms with Gasteiger partial charge in [0.15, 0.2) is 0 Å². The topological polar surface area (TPSA) is 42.4 Å². The molecule has 1 aromatic carbocycles. The molecule has 3 rings (SSSR count). The van der Waals surface area contributed by atoms with Gasteiger partial charge in [0, 0.05) is 18.3 Å². The number of benzene rings is 1. The first-order chi connectivity index (χ1) is 11.1. The van der Waals surface area contributed by atoms with Crippen LogP contribution in [0.2, 0.25) is 0 Å². The van der Waals surface area contributed by atoms with Gasteiger partial charge in [-0.25, -0.2) is 4.98 Å². The minimum absolute atomic E-state index is 0.0230. The summed E-state index contributed by atoms with van der Waals surface area (Å²) in [4.78, 5) is 19.1. The Labute approximate surface area is 141 Å². The van der Waals surface area contributed by atoms with Gasteiger partial charge < -0.3 is 9.64 Å². The number of amides is 1. The number of aryl methyl sites for hydroxylation is 2. The van der Waals surface area contributed by atoms with Gasteiger partial charge in [0.1, 0.15) is 5.69 Å². The normalized spacial score (nSPS) is 21.4. The molecule has 0 saturated carbocycles. The Bertz CT molecular complexity index is 656. The number of carbonyl (C=O) groups is 1. The largest absolute Gasteiger partial charge is 0.375 e. The van der Waals surface area contributed by atoms with Crippen molar-refractivity contribution < 1.29 is 9.53 Å². The van der Waals surface area contributed by atoms with E-state index < -0.39 is 0 Å². The molecule has 2 heterocycles. The van der Waals surface area contributed by atoms with Crippen LogP contribution in [0.5, 0.6) is 0 Å². The molecule has 1 aliphatic rings. The number of rotatable bonds is 4. The van der Waals surface area contributed by atoms with Gasteiger partial charge in [-0.15, -0.1) is 11.3 Å². The van der Waals surface area contributed by atoms with Crippen LogP contribution >= 0.6 is 11.3 Å². The Morgan fingerprint density at radius 1 is 1.30 bits per heavy atom. The van der Waals surface area contributed by atoms with E-state index >= 15 is 0 Å². The summed E-state index contributed by atoms with van der Waals surface area (Å²) in [5.41, 5.74) is 1.87. The highest BCUT2D eigenvalue weighted by Gasteiger charge is 2.29. The molecule has 1 fully saturated rings. The maximum Gasteiger partial charge on any atom is 0.273 e. The minimum Gasteiger partial charge on any atom is -0.375 e. The predicted molar refractivity (Wildman–Crippen MR) is 91.9 cm³/mol. The van der Waals surface area contributed by atoms with Crippen LogP contribution in [-0.4, -0.2) is 41.1 Å². The standard InChI is InChI=1S/C18H22N2O2S/c1-13-11-22-14(2)10-20(13)18(21)16-12-23-17(19-16)9-8-15-6-4-3-5-7-15/h3-7,12-14H,8-11H2,1-2H3/t13-,14+/m0/s1. The van der Waals surface area contributed by atoms with Crippen LogP contribution < -0.4 is 0 Å². The van der Waals surface area contributed by atoms with E-state index in [1.54, 1.807) is 11.3 Å². The Balaban J connectivity index is 1.63. The fourth-order valence-corrected chi connectivity index (χ4v) is 3.53. The summed E-state index contributed by atoms with van der Waals surface area (Å²) >= 11 is 1.57. The fraction of sp³-hybridized carbons (Fsp3) is 0.444. The summed E-state index contributed by atoms with van der Waals surface area (Å²) < 4.78 is 5.59. The van der Waals surface area contributed by atoms with Crippen molar-refractivity contribution in [1.82, 2.24) is 9.88 Å². The molecule has 5 heteroatoms. The van der Waals surface area contributed by atoms with Gasteiger partial charge in [-0.1, -0.05) is 30.3 Å². The summed E-state index contributed by atoms with van der Waals surface area (Å²) in [5, 5.41) is 2.90. The predicted octanol–water partition coefficient (Wildman–Crippen LogP) is 3.18. The van der Waals surface area contributed by atoms with E-state index in [1.165, 1.54) is 5.56 Å². The van der Waals surface area contributed by atoms with Crippen molar-refractivity contribution in [2.24, 2.45) is 0 Å². The molecule has 0 radical (unpaired) electrons. The molecule has 4 nitrogen and oxygen atoms in total. The van der Waals surface area contributed by atoms with Crippen molar-refractivity contribution in [2.75, 3.05) is 13.2 Å². The van der Waals surface area contributed by atoms with Crippen LogP contribution in [-0.2, 0) is 17.6 Å². The number of hydrogen-bond acceptors (Lipinski definition) is 4. The van der Waals surface area contributed by atoms with Gasteiger partial charge in [0.2, 0.25) is 0 Å². The second-order valence-corrected chi connectivity index (χ2v) is 7.01. The average molecular weight is 330 g/mol. The highest BCUT2D eigenvalue weighted by molar-refractivity contribution is 7.09. The summed E-state index contributed by atoms with van der Waals surface area (Å²) in [6.45, 7) is 5.25. The van der Waals surface area contributed by atoms with E-state index in [0.29, 0.717) is 18.8 Å². The zero-order valence-corrected chi connectivity index (χ0v) is 14.4. The third-order valence-corrected chi connectivity index (χ3v) is 5.02. The molecule has 1 amide bonds. The first-order valence-electron chi connectivity index (χ1n) is 8.04. The van der Waals surface area contributed by atoms with Crippen LogP contribution in [0.3, 0.4) is 0 Å². The lowest BCUT2D eigenvalue weighted by Gasteiger charge is -2.36. The highest BCUT2D eigenvalue weighted by Crippen LogP contribution is 2.18. The zero-order chi connectivity index (χ0) is 16.2. The van der Waals surface area contributed by atoms with Gasteiger partial charge in [-0.05, 0) is 25.8 Å². The quantitative estimate of drug-likeness (QED) is 0.865. The molecule has 1 aliphatic heterocycles. The van der Waals surface area contributed by atoms with Crippen molar-refractivity contribution in [2.45, 2.75) is 38.8 Å². The Kier molecular flexibility index (Phi) is 5.08. The monoisotopic (exact) mass is 330 g/mol. The number of ether oxygens (including phenoxy) is 1. The van der Waals surface area contributed by atoms with Crippen molar-refractivity contribution in [3.8, 4) is 0 Å². The lowest BCUT2D eigenvalue weighted by atomic mass is 10.1. The molecule has 0 bridgehead atoms. The second-order valence-electron chi connectivity index (χ2n) is 6.06. The smallest absolute Gasteiger partial charge is 0.273 e. The Morgan fingerprint density at radius 2 is 2.09 bits per heavy atom. The van der Waals surface area contributed by atoms with E-state index in [-0.39, 0.29) is 18.1 Å². The molecule has 0 spiro atoms. The number of thiazole rings is 1. The molecule has 0 unspecified atom stereocenters. The van der Waals surface area contributed by atoms with Gasteiger partial charge in [0.25, 0.3) is 5.91 Å². The SMILES string of the molecule is C[C@@H]1CN(C(=O)c2csc(CCc3ccccc3)n2)[C@@H](C)CO1. The fourth-order valence-electron chi connectivity index (χ4n) is 2.75. The number of morpholine rings is 1. The third-order valence-electron chi connectivity index (χ3n) is 4.11. The van der Waals surface area contributed by atoms with Crippen LogP contribution in [0.1, 0.15) is 34.9 Å². The summed E-state index contributed by atoms with van der Waals surface area (Å²) in [5.74, 6) is 0.0230. The number of hydrogen-bond donors (Lipinski definition) is 0. The van der Waals surface area contributed by atoms with E-state index in [9.17, 15) is 4.79 Å². The molecule has 0 aliphatic carbocycles. The lowest BCUT2D eigenvalue weighted by Crippen LogP contribution is -2.50. The van der Waals surface area contributed by atoms with Crippen molar-refractivity contribution in [3.63, 3.8) is 0 Å². The van der Waals surface area contributed by atoms with E-state index in [4.69, 9.17) is 4.74 Å². The maximum atomic E-state index is 12.7. The van der Waals surface area contributed by atoms with Crippen molar-refractivity contribution >= 4 is 17.2 Å². The van der Waals surface area contributed by atoms with Crippen LogP contribution in [0.25, 0.3) is 0 Å². The molecular formula is C18H22N2O2S. The van der Waals surface area contributed by atoms with Crippen molar-refractivity contribution in [3.05, 3.63) is 52.0 Å². The molecule has 23 heavy (non-hydrogen) atoms. The van der Waals surface area contributed by atoms with Gasteiger partial charge in [-0.3, -0.25) is 4.79 Å². The minimum atomic E-state index is 0.0230.